The molecule has 0 unspecified atom stereocenters. The van der Waals surface area contributed by atoms with E-state index >= 15 is 0 Å². The zero-order valence-corrected chi connectivity index (χ0v) is 13.6. The third-order valence-electron chi connectivity index (χ3n) is 4.56. The Labute approximate surface area is 141 Å². The van der Waals surface area contributed by atoms with E-state index in [1.165, 1.54) is 18.4 Å². The molecule has 2 aromatic heterocycles. The van der Waals surface area contributed by atoms with Crippen LogP contribution in [0.1, 0.15) is 35.9 Å². The fraction of sp³-hybridized carbons (Fsp3) is 0.500. The molecule has 0 spiro atoms. The van der Waals surface area contributed by atoms with Crippen molar-refractivity contribution in [3.63, 3.8) is 0 Å². The predicted octanol–water partition coefficient (Wildman–Crippen LogP) is 1.66. The Morgan fingerprint density at radius 3 is 3.08 bits per heavy atom. The van der Waals surface area contributed by atoms with Gasteiger partial charge in [0.15, 0.2) is 0 Å². The Bertz CT molecular complexity index is 709. The lowest BCUT2D eigenvalue weighted by Crippen LogP contribution is -2.33. The van der Waals surface area contributed by atoms with Crippen LogP contribution < -0.4 is 5.32 Å². The lowest BCUT2D eigenvalue weighted by atomic mass is 10.1. The number of fused-ring (bicyclic) bond motifs is 1. The number of rotatable bonds is 6. The van der Waals surface area contributed by atoms with Crippen molar-refractivity contribution in [3.05, 3.63) is 47.5 Å². The van der Waals surface area contributed by atoms with Gasteiger partial charge in [-0.25, -0.2) is 0 Å². The van der Waals surface area contributed by atoms with Gasteiger partial charge in [0.2, 0.25) is 5.91 Å². The highest BCUT2D eigenvalue weighted by molar-refractivity contribution is 5.78. The first-order valence-electron chi connectivity index (χ1n) is 8.62. The summed E-state index contributed by atoms with van der Waals surface area (Å²) in [5.41, 5.74) is 3.01. The summed E-state index contributed by atoms with van der Waals surface area (Å²) >= 11 is 0. The zero-order valence-electron chi connectivity index (χ0n) is 13.6. The third kappa shape index (κ3) is 3.64. The molecule has 2 aromatic rings. The van der Waals surface area contributed by atoms with Crippen LogP contribution in [0, 0.1) is 5.92 Å². The predicted molar refractivity (Wildman–Crippen MR) is 88.3 cm³/mol. The minimum atomic E-state index is -0.151. The molecular formula is C18H22N4O2. The summed E-state index contributed by atoms with van der Waals surface area (Å²) in [5, 5.41) is 7.65. The molecule has 1 aliphatic heterocycles. The molecule has 126 valence electrons. The second-order valence-corrected chi connectivity index (χ2v) is 6.62. The highest BCUT2D eigenvalue weighted by Gasteiger charge is 2.27. The second kappa shape index (κ2) is 6.73. The number of hydrogen-bond acceptors (Lipinski definition) is 4. The van der Waals surface area contributed by atoms with Crippen LogP contribution >= 0.6 is 0 Å². The monoisotopic (exact) mass is 326 g/mol. The molecule has 0 bridgehead atoms. The zero-order chi connectivity index (χ0) is 16.4. The number of nitrogens with one attached hydrogen (secondary N) is 1. The van der Waals surface area contributed by atoms with E-state index in [2.05, 4.69) is 21.2 Å². The topological polar surface area (TPSA) is 69.0 Å². The van der Waals surface area contributed by atoms with Crippen molar-refractivity contribution in [1.82, 2.24) is 20.1 Å². The molecule has 1 aliphatic carbocycles. The summed E-state index contributed by atoms with van der Waals surface area (Å²) in [6.45, 7) is 2.15. The molecule has 3 heterocycles. The van der Waals surface area contributed by atoms with Crippen LogP contribution in [0.4, 0.5) is 0 Å². The van der Waals surface area contributed by atoms with E-state index in [9.17, 15) is 4.79 Å². The minimum Gasteiger partial charge on any atom is -0.370 e. The fourth-order valence-electron chi connectivity index (χ4n) is 3.08. The minimum absolute atomic E-state index is 0.0400. The van der Waals surface area contributed by atoms with E-state index in [0.29, 0.717) is 13.2 Å². The smallest absolute Gasteiger partial charge is 0.226 e. The first kappa shape index (κ1) is 15.3. The maximum atomic E-state index is 12.1. The van der Waals surface area contributed by atoms with Gasteiger partial charge in [-0.15, -0.1) is 0 Å². The average Bonchev–Trinajstić information content (AvgIpc) is 3.30. The van der Waals surface area contributed by atoms with Gasteiger partial charge >= 0.3 is 0 Å². The van der Waals surface area contributed by atoms with Crippen LogP contribution in [0.3, 0.4) is 0 Å². The molecule has 0 radical (unpaired) electrons. The van der Waals surface area contributed by atoms with Crippen molar-refractivity contribution in [2.75, 3.05) is 13.2 Å². The highest BCUT2D eigenvalue weighted by atomic mass is 16.5. The van der Waals surface area contributed by atoms with Crippen LogP contribution in [0.15, 0.2) is 30.6 Å². The van der Waals surface area contributed by atoms with E-state index in [1.54, 1.807) is 6.20 Å². The maximum Gasteiger partial charge on any atom is 0.226 e. The number of ether oxygens (including phenoxy) is 1. The molecule has 0 saturated heterocycles. The van der Waals surface area contributed by atoms with Crippen LogP contribution in [-0.4, -0.2) is 33.8 Å². The van der Waals surface area contributed by atoms with E-state index in [1.807, 2.05) is 18.2 Å². The van der Waals surface area contributed by atoms with Crippen molar-refractivity contribution in [2.24, 2.45) is 5.92 Å². The summed E-state index contributed by atoms with van der Waals surface area (Å²) in [6.07, 6.45) is 7.52. The Kier molecular flexibility index (Phi) is 4.30. The SMILES string of the molecule is O=C(Cc1ccccn1)NC[C@H]1OCCc2cn(CC3CC3)nc21. The van der Waals surface area contributed by atoms with Gasteiger partial charge in [0.1, 0.15) is 6.10 Å². The molecule has 1 fully saturated rings. The lowest BCUT2D eigenvalue weighted by Gasteiger charge is -2.22. The molecule has 4 rings (SSSR count). The van der Waals surface area contributed by atoms with Crippen molar-refractivity contribution in [1.29, 1.82) is 0 Å². The molecule has 2 aliphatic rings. The maximum absolute atomic E-state index is 12.1. The molecule has 1 saturated carbocycles. The Morgan fingerprint density at radius 1 is 1.38 bits per heavy atom. The molecule has 1 N–H and O–H groups in total. The second-order valence-electron chi connectivity index (χ2n) is 6.62. The van der Waals surface area contributed by atoms with E-state index in [4.69, 9.17) is 9.84 Å². The lowest BCUT2D eigenvalue weighted by molar-refractivity contribution is -0.121. The van der Waals surface area contributed by atoms with Crippen molar-refractivity contribution >= 4 is 5.91 Å². The molecular weight excluding hydrogens is 304 g/mol. The number of nitrogens with zero attached hydrogens (tertiary/aromatic N) is 3. The quantitative estimate of drug-likeness (QED) is 0.876. The number of carbonyl (C=O) groups is 1. The largest absolute Gasteiger partial charge is 0.370 e. The fourth-order valence-corrected chi connectivity index (χ4v) is 3.08. The first-order valence-corrected chi connectivity index (χ1v) is 8.62. The number of carbonyl (C=O) groups excluding carboxylic acids is 1. The van der Waals surface area contributed by atoms with Gasteiger partial charge in [-0.2, -0.15) is 5.10 Å². The van der Waals surface area contributed by atoms with Crippen molar-refractivity contribution < 1.29 is 9.53 Å². The Hall–Kier alpha value is -2.21. The molecule has 6 nitrogen and oxygen atoms in total. The van der Waals surface area contributed by atoms with E-state index in [-0.39, 0.29) is 18.4 Å². The number of hydrogen-bond donors (Lipinski definition) is 1. The Morgan fingerprint density at radius 2 is 2.29 bits per heavy atom. The van der Waals surface area contributed by atoms with Gasteiger partial charge in [-0.05, 0) is 42.9 Å². The molecule has 6 heteroatoms. The standard InChI is InChI=1S/C18H22N4O2/c23-17(9-15-3-1-2-7-19-15)20-10-16-18-14(6-8-24-16)12-22(21-18)11-13-4-5-13/h1-3,7,12-13,16H,4-6,8-11H2,(H,20,23)/t16-/m1/s1. The van der Waals surface area contributed by atoms with E-state index in [0.717, 1.165) is 30.3 Å². The van der Waals surface area contributed by atoms with Crippen molar-refractivity contribution in [3.8, 4) is 0 Å². The van der Waals surface area contributed by atoms with Gasteiger partial charge in [0.05, 0.1) is 18.7 Å². The van der Waals surface area contributed by atoms with Crippen LogP contribution in [-0.2, 0) is 28.9 Å². The van der Waals surface area contributed by atoms with Gasteiger partial charge < -0.3 is 10.1 Å². The summed E-state index contributed by atoms with van der Waals surface area (Å²) in [6, 6.07) is 5.59. The highest BCUT2D eigenvalue weighted by Crippen LogP contribution is 2.32. The summed E-state index contributed by atoms with van der Waals surface area (Å²) < 4.78 is 7.89. The van der Waals surface area contributed by atoms with Gasteiger partial charge in [0.25, 0.3) is 0 Å². The molecule has 1 amide bonds. The third-order valence-corrected chi connectivity index (χ3v) is 4.56. The number of pyridine rings is 1. The average molecular weight is 326 g/mol. The number of aromatic nitrogens is 3. The van der Waals surface area contributed by atoms with E-state index < -0.39 is 0 Å². The Balaban J connectivity index is 1.35. The molecule has 0 aromatic carbocycles. The summed E-state index contributed by atoms with van der Waals surface area (Å²) in [5.74, 6) is 0.755. The van der Waals surface area contributed by atoms with Crippen LogP contribution in [0.2, 0.25) is 0 Å². The summed E-state index contributed by atoms with van der Waals surface area (Å²) in [4.78, 5) is 16.3. The summed E-state index contributed by atoms with van der Waals surface area (Å²) in [7, 11) is 0. The van der Waals surface area contributed by atoms with Gasteiger partial charge in [-0.3, -0.25) is 14.5 Å². The normalized spacial score (nSPS) is 19.8. The van der Waals surface area contributed by atoms with Crippen LogP contribution in [0.5, 0.6) is 0 Å². The first-order chi connectivity index (χ1) is 11.8. The van der Waals surface area contributed by atoms with Gasteiger partial charge in [0, 0.05) is 31.2 Å². The van der Waals surface area contributed by atoms with Crippen LogP contribution in [0.25, 0.3) is 0 Å². The number of amides is 1. The van der Waals surface area contributed by atoms with Crippen molar-refractivity contribution in [2.45, 2.75) is 38.3 Å². The van der Waals surface area contributed by atoms with Gasteiger partial charge in [-0.1, -0.05) is 6.07 Å². The molecule has 24 heavy (non-hydrogen) atoms. The molecule has 1 atom stereocenters.